The number of halogens is 1. The first kappa shape index (κ1) is 16.9. The SMILES string of the molecule is C=C1C=C(SNc2cc(Cl)ccc2S(C)=O)OC/C=C\C=C/1. The van der Waals surface area contributed by atoms with Gasteiger partial charge >= 0.3 is 0 Å². The van der Waals surface area contributed by atoms with Gasteiger partial charge in [-0.05, 0) is 35.9 Å². The molecule has 0 fully saturated rings. The third-order valence-electron chi connectivity index (χ3n) is 2.70. The first-order valence-electron chi connectivity index (χ1n) is 6.48. The van der Waals surface area contributed by atoms with E-state index < -0.39 is 10.8 Å². The van der Waals surface area contributed by atoms with Gasteiger partial charge in [0.25, 0.3) is 0 Å². The van der Waals surface area contributed by atoms with Crippen molar-refractivity contribution in [1.29, 1.82) is 0 Å². The van der Waals surface area contributed by atoms with Gasteiger partial charge < -0.3 is 9.46 Å². The summed E-state index contributed by atoms with van der Waals surface area (Å²) in [5.41, 5.74) is 1.54. The molecule has 1 aliphatic heterocycles. The third-order valence-corrected chi connectivity index (χ3v) is 4.66. The van der Waals surface area contributed by atoms with Crippen molar-refractivity contribution >= 4 is 40.0 Å². The Balaban J connectivity index is 2.15. The van der Waals surface area contributed by atoms with Crippen molar-refractivity contribution in [3.63, 3.8) is 0 Å². The van der Waals surface area contributed by atoms with Gasteiger partial charge in [0.1, 0.15) is 6.61 Å². The van der Waals surface area contributed by atoms with Gasteiger partial charge in [-0.15, -0.1) is 0 Å². The van der Waals surface area contributed by atoms with Gasteiger partial charge in [0.15, 0.2) is 5.09 Å². The fraction of sp³-hybridized carbons (Fsp3) is 0.125. The lowest BCUT2D eigenvalue weighted by Crippen LogP contribution is -1.98. The Morgan fingerprint density at radius 2 is 2.23 bits per heavy atom. The number of hydrogen-bond donors (Lipinski definition) is 1. The van der Waals surface area contributed by atoms with Crippen LogP contribution in [-0.2, 0) is 15.5 Å². The summed E-state index contributed by atoms with van der Waals surface area (Å²) >= 11 is 7.30. The van der Waals surface area contributed by atoms with Gasteiger partial charge in [-0.2, -0.15) is 0 Å². The number of hydrogen-bond acceptors (Lipinski definition) is 4. The van der Waals surface area contributed by atoms with Gasteiger partial charge in [0.2, 0.25) is 0 Å². The van der Waals surface area contributed by atoms with E-state index in [0.717, 1.165) is 5.57 Å². The molecule has 1 atom stereocenters. The predicted octanol–water partition coefficient (Wildman–Crippen LogP) is 4.68. The van der Waals surface area contributed by atoms with E-state index in [9.17, 15) is 4.21 Å². The minimum Gasteiger partial charge on any atom is -0.481 e. The van der Waals surface area contributed by atoms with Gasteiger partial charge in [0.05, 0.1) is 21.4 Å². The molecular formula is C16H16ClNO2S2. The summed E-state index contributed by atoms with van der Waals surface area (Å²) in [6.07, 6.45) is 11.1. The van der Waals surface area contributed by atoms with Crippen LogP contribution in [0.3, 0.4) is 0 Å². The molecule has 0 aliphatic carbocycles. The minimum atomic E-state index is -1.11. The highest BCUT2D eigenvalue weighted by Gasteiger charge is 2.09. The molecule has 1 heterocycles. The highest BCUT2D eigenvalue weighted by atomic mass is 35.5. The lowest BCUT2D eigenvalue weighted by atomic mass is 10.3. The quantitative estimate of drug-likeness (QED) is 0.798. The maximum atomic E-state index is 11.8. The number of allylic oxidation sites excluding steroid dienone is 5. The molecular weight excluding hydrogens is 338 g/mol. The number of anilines is 1. The molecule has 22 heavy (non-hydrogen) atoms. The van der Waals surface area contributed by atoms with E-state index in [-0.39, 0.29) is 0 Å². The van der Waals surface area contributed by atoms with Crippen LogP contribution in [0, 0.1) is 0 Å². The van der Waals surface area contributed by atoms with Crippen LogP contribution < -0.4 is 4.72 Å². The molecule has 0 saturated heterocycles. The molecule has 0 saturated carbocycles. The summed E-state index contributed by atoms with van der Waals surface area (Å²) < 4.78 is 20.6. The predicted molar refractivity (Wildman–Crippen MR) is 96.5 cm³/mol. The Bertz CT molecular complexity index is 681. The van der Waals surface area contributed by atoms with Crippen LogP contribution in [0.4, 0.5) is 5.69 Å². The molecule has 0 bridgehead atoms. The molecule has 0 radical (unpaired) electrons. The Hall–Kier alpha value is -1.43. The largest absolute Gasteiger partial charge is 0.481 e. The molecule has 1 N–H and O–H groups in total. The van der Waals surface area contributed by atoms with Crippen LogP contribution >= 0.6 is 23.5 Å². The van der Waals surface area contributed by atoms with Crippen molar-refractivity contribution < 1.29 is 8.95 Å². The maximum Gasteiger partial charge on any atom is 0.174 e. The molecule has 0 amide bonds. The summed E-state index contributed by atoms with van der Waals surface area (Å²) in [4.78, 5) is 0.694. The second-order valence-corrected chi connectivity index (χ2v) is 7.03. The zero-order valence-electron chi connectivity index (χ0n) is 12.0. The molecule has 1 aromatic rings. The van der Waals surface area contributed by atoms with Crippen LogP contribution in [0.25, 0.3) is 0 Å². The Kier molecular flexibility index (Phi) is 6.36. The zero-order chi connectivity index (χ0) is 15.9. The van der Waals surface area contributed by atoms with Crippen molar-refractivity contribution in [2.45, 2.75) is 4.90 Å². The molecule has 3 nitrogen and oxygen atoms in total. The molecule has 0 aromatic heterocycles. The number of nitrogens with one attached hydrogen (secondary N) is 1. The topological polar surface area (TPSA) is 38.3 Å². The van der Waals surface area contributed by atoms with Crippen LogP contribution in [-0.4, -0.2) is 17.1 Å². The molecule has 2 rings (SSSR count). The fourth-order valence-corrected chi connectivity index (χ4v) is 3.31. The van der Waals surface area contributed by atoms with Crippen molar-refractivity contribution in [1.82, 2.24) is 0 Å². The summed E-state index contributed by atoms with van der Waals surface area (Å²) in [6, 6.07) is 5.22. The lowest BCUT2D eigenvalue weighted by molar-refractivity contribution is 0.278. The van der Waals surface area contributed by atoms with E-state index in [1.165, 1.54) is 11.9 Å². The van der Waals surface area contributed by atoms with Crippen LogP contribution in [0.2, 0.25) is 5.02 Å². The second kappa shape index (κ2) is 8.27. The highest BCUT2D eigenvalue weighted by molar-refractivity contribution is 8.04. The van der Waals surface area contributed by atoms with Crippen LogP contribution in [0.1, 0.15) is 0 Å². The van der Waals surface area contributed by atoms with E-state index in [0.29, 0.717) is 27.3 Å². The van der Waals surface area contributed by atoms with Crippen molar-refractivity contribution in [3.05, 3.63) is 70.8 Å². The molecule has 6 heteroatoms. The molecule has 1 aliphatic rings. The normalized spacial score (nSPS) is 19.0. The number of ether oxygens (including phenoxy) is 1. The van der Waals surface area contributed by atoms with E-state index in [1.54, 1.807) is 24.5 Å². The Morgan fingerprint density at radius 1 is 1.41 bits per heavy atom. The number of rotatable bonds is 4. The number of benzene rings is 1. The summed E-state index contributed by atoms with van der Waals surface area (Å²) in [5.74, 6) is 0. The highest BCUT2D eigenvalue weighted by Crippen LogP contribution is 2.29. The third kappa shape index (κ3) is 5.09. The van der Waals surface area contributed by atoms with Crippen molar-refractivity contribution in [2.75, 3.05) is 17.6 Å². The molecule has 116 valence electrons. The fourth-order valence-electron chi connectivity index (χ4n) is 1.68. The maximum absolute atomic E-state index is 11.8. The average molecular weight is 354 g/mol. The Labute approximate surface area is 142 Å². The molecule has 0 spiro atoms. The van der Waals surface area contributed by atoms with Crippen molar-refractivity contribution in [3.8, 4) is 0 Å². The van der Waals surface area contributed by atoms with E-state index in [2.05, 4.69) is 11.3 Å². The molecule has 1 unspecified atom stereocenters. The minimum absolute atomic E-state index is 0.472. The standard InChI is InChI=1S/C16H16ClNO2S2/c1-12-6-4-3-5-9-20-16(10-12)21-18-14-11-13(17)7-8-15(14)22(2)19/h3-8,10-11,18H,1,9H2,2H3/b5-3-,6-4-,16-10?. The van der Waals surface area contributed by atoms with E-state index in [1.807, 2.05) is 30.4 Å². The zero-order valence-corrected chi connectivity index (χ0v) is 14.4. The van der Waals surface area contributed by atoms with Gasteiger partial charge in [-0.1, -0.05) is 36.4 Å². The summed E-state index contributed by atoms with van der Waals surface area (Å²) in [5, 5.41) is 1.26. The first-order chi connectivity index (χ1) is 10.6. The first-order valence-corrected chi connectivity index (χ1v) is 9.24. The monoisotopic (exact) mass is 353 g/mol. The lowest BCUT2D eigenvalue weighted by Gasteiger charge is -2.12. The second-order valence-electron chi connectivity index (χ2n) is 4.44. The van der Waals surface area contributed by atoms with Gasteiger partial charge in [-0.3, -0.25) is 4.21 Å². The Morgan fingerprint density at radius 3 is 3.00 bits per heavy atom. The molecule has 1 aromatic carbocycles. The van der Waals surface area contributed by atoms with Gasteiger partial charge in [-0.25, -0.2) is 0 Å². The average Bonchev–Trinajstić information content (AvgIpc) is 2.57. The van der Waals surface area contributed by atoms with Crippen molar-refractivity contribution in [2.24, 2.45) is 0 Å². The van der Waals surface area contributed by atoms with Gasteiger partial charge in [0, 0.05) is 23.2 Å². The van der Waals surface area contributed by atoms with Crippen LogP contribution in [0.5, 0.6) is 0 Å². The summed E-state index contributed by atoms with van der Waals surface area (Å²) in [7, 11) is -1.11. The smallest absolute Gasteiger partial charge is 0.174 e. The summed E-state index contributed by atoms with van der Waals surface area (Å²) in [6.45, 7) is 4.41. The van der Waals surface area contributed by atoms with E-state index in [4.69, 9.17) is 16.3 Å². The van der Waals surface area contributed by atoms with Crippen LogP contribution in [0.15, 0.2) is 70.7 Å². The van der Waals surface area contributed by atoms with E-state index >= 15 is 0 Å².